The van der Waals surface area contributed by atoms with Crippen LogP contribution in [0.5, 0.6) is 0 Å². The number of nitrogens with zero attached hydrogens (tertiary/aromatic N) is 1. The number of hydrogen-bond acceptors (Lipinski definition) is 8. The van der Waals surface area contributed by atoms with Gasteiger partial charge >= 0.3 is 11.9 Å². The quantitative estimate of drug-likeness (QED) is 0.171. The predicted molar refractivity (Wildman–Crippen MR) is 99.8 cm³/mol. The van der Waals surface area contributed by atoms with Gasteiger partial charge in [0.15, 0.2) is 6.04 Å². The summed E-state index contributed by atoms with van der Waals surface area (Å²) in [5.74, 6) is -4.97. The summed E-state index contributed by atoms with van der Waals surface area (Å²) in [5.41, 5.74) is 5.73. The lowest BCUT2D eigenvalue weighted by Crippen LogP contribution is -2.58. The van der Waals surface area contributed by atoms with Crippen molar-refractivity contribution < 1.29 is 44.4 Å². The molecule has 13 heteroatoms. The van der Waals surface area contributed by atoms with Gasteiger partial charge in [0.1, 0.15) is 12.1 Å². The fraction of sp³-hybridized carbons (Fsp3) is 0.706. The normalized spacial score (nSPS) is 20.0. The molecule has 13 nitrogen and oxygen atoms in total. The minimum absolute atomic E-state index is 0.101. The highest BCUT2D eigenvalue weighted by molar-refractivity contribution is 5.94. The van der Waals surface area contributed by atoms with Gasteiger partial charge in [-0.3, -0.25) is 19.2 Å². The van der Waals surface area contributed by atoms with Crippen molar-refractivity contribution >= 4 is 29.7 Å². The number of rotatable bonds is 11. The molecular formula is C17H28N4O9. The van der Waals surface area contributed by atoms with Crippen molar-refractivity contribution in [2.24, 2.45) is 5.73 Å². The van der Waals surface area contributed by atoms with Crippen LogP contribution in [-0.2, 0) is 24.0 Å². The number of likely N-dealkylation sites (tertiary alicyclic amines) is 1. The van der Waals surface area contributed by atoms with Crippen LogP contribution in [0.3, 0.4) is 0 Å². The molecule has 1 aliphatic rings. The van der Waals surface area contributed by atoms with Crippen LogP contribution in [0.2, 0.25) is 0 Å². The first-order valence-electron chi connectivity index (χ1n) is 9.39. The number of amides is 3. The third-order valence-corrected chi connectivity index (χ3v) is 4.69. The Hall–Kier alpha value is -2.77. The maximum Gasteiger partial charge on any atom is 0.328 e. The molecule has 1 rings (SSSR count). The molecular weight excluding hydrogens is 404 g/mol. The van der Waals surface area contributed by atoms with Gasteiger partial charge in [-0.2, -0.15) is 0 Å². The summed E-state index contributed by atoms with van der Waals surface area (Å²) in [5, 5.41) is 40.8. The number of carboxylic acid groups (broad SMARTS) is 2. The van der Waals surface area contributed by atoms with E-state index in [1.54, 1.807) is 0 Å². The number of aliphatic hydroxyl groups excluding tert-OH is 2. The molecule has 1 fully saturated rings. The lowest BCUT2D eigenvalue weighted by Gasteiger charge is -2.28. The van der Waals surface area contributed by atoms with Crippen molar-refractivity contribution in [3.8, 4) is 0 Å². The number of nitrogens with one attached hydrogen (secondary N) is 2. The van der Waals surface area contributed by atoms with Gasteiger partial charge < -0.3 is 41.7 Å². The second kappa shape index (κ2) is 11.4. The van der Waals surface area contributed by atoms with Crippen molar-refractivity contribution in [1.82, 2.24) is 15.5 Å². The second-order valence-electron chi connectivity index (χ2n) is 7.04. The van der Waals surface area contributed by atoms with Crippen LogP contribution in [-0.4, -0.2) is 98.4 Å². The van der Waals surface area contributed by atoms with E-state index >= 15 is 0 Å². The monoisotopic (exact) mass is 432 g/mol. The molecule has 1 aliphatic heterocycles. The molecule has 0 bridgehead atoms. The highest BCUT2D eigenvalue weighted by Crippen LogP contribution is 2.19. The number of aliphatic hydroxyl groups is 2. The van der Waals surface area contributed by atoms with E-state index in [4.69, 9.17) is 15.9 Å². The fourth-order valence-corrected chi connectivity index (χ4v) is 3.02. The van der Waals surface area contributed by atoms with E-state index in [-0.39, 0.29) is 25.8 Å². The number of nitrogens with two attached hydrogens (primary N) is 1. The predicted octanol–water partition coefficient (Wildman–Crippen LogP) is -3.40. The molecule has 8 N–H and O–H groups in total. The Labute approximate surface area is 172 Å². The van der Waals surface area contributed by atoms with Gasteiger partial charge in [-0.25, -0.2) is 4.79 Å². The maximum atomic E-state index is 12.6. The van der Waals surface area contributed by atoms with Crippen molar-refractivity contribution in [2.75, 3.05) is 13.2 Å². The number of carbonyl (C=O) groups excluding carboxylic acids is 3. The van der Waals surface area contributed by atoms with Crippen molar-refractivity contribution in [2.45, 2.75) is 62.9 Å². The Kier molecular flexibility index (Phi) is 9.62. The Morgan fingerprint density at radius 1 is 1.17 bits per heavy atom. The average Bonchev–Trinajstić information content (AvgIpc) is 3.16. The third-order valence-electron chi connectivity index (χ3n) is 4.69. The molecule has 1 heterocycles. The minimum atomic E-state index is -1.64. The van der Waals surface area contributed by atoms with Gasteiger partial charge in [-0.1, -0.05) is 0 Å². The molecule has 0 aromatic rings. The number of carboxylic acids is 2. The molecule has 5 atom stereocenters. The summed E-state index contributed by atoms with van der Waals surface area (Å²) < 4.78 is 0. The Balaban J connectivity index is 2.77. The van der Waals surface area contributed by atoms with Crippen LogP contribution in [0, 0.1) is 0 Å². The van der Waals surface area contributed by atoms with Crippen LogP contribution in [0.25, 0.3) is 0 Å². The molecule has 0 aliphatic carbocycles. The Morgan fingerprint density at radius 3 is 2.30 bits per heavy atom. The standard InChI is InChI=1S/C17H28N4O9/c1-8(23)13(17(29)30)20-14(26)10(7-22)19-15(27)11-3-2-6-21(11)16(28)9(18)4-5-12(24)25/h8-11,13,22-23H,2-7,18H2,1H3,(H,19,27)(H,20,26)(H,24,25)(H,29,30). The maximum absolute atomic E-state index is 12.6. The number of hydrogen-bond donors (Lipinski definition) is 7. The zero-order valence-corrected chi connectivity index (χ0v) is 16.5. The minimum Gasteiger partial charge on any atom is -0.481 e. The van der Waals surface area contributed by atoms with Gasteiger partial charge in [0, 0.05) is 13.0 Å². The van der Waals surface area contributed by atoms with E-state index in [2.05, 4.69) is 5.32 Å². The zero-order valence-electron chi connectivity index (χ0n) is 16.5. The first-order chi connectivity index (χ1) is 14.0. The summed E-state index contributed by atoms with van der Waals surface area (Å²) in [4.78, 5) is 60.2. The molecule has 0 radical (unpaired) electrons. The van der Waals surface area contributed by atoms with Crippen molar-refractivity contribution in [3.63, 3.8) is 0 Å². The van der Waals surface area contributed by atoms with Gasteiger partial charge in [0.25, 0.3) is 0 Å². The van der Waals surface area contributed by atoms with Crippen LogP contribution in [0.1, 0.15) is 32.6 Å². The summed E-state index contributed by atoms with van der Waals surface area (Å²) in [7, 11) is 0. The number of aliphatic carboxylic acids is 2. The zero-order chi connectivity index (χ0) is 23.0. The Bertz CT molecular complexity index is 670. The van der Waals surface area contributed by atoms with E-state index in [1.165, 1.54) is 4.90 Å². The molecule has 30 heavy (non-hydrogen) atoms. The van der Waals surface area contributed by atoms with Gasteiger partial charge in [-0.15, -0.1) is 0 Å². The molecule has 0 aromatic heterocycles. The van der Waals surface area contributed by atoms with Crippen LogP contribution in [0.4, 0.5) is 0 Å². The molecule has 0 saturated carbocycles. The van der Waals surface area contributed by atoms with Crippen LogP contribution in [0.15, 0.2) is 0 Å². The van der Waals surface area contributed by atoms with E-state index < -0.39 is 66.5 Å². The topological polar surface area (TPSA) is 220 Å². The van der Waals surface area contributed by atoms with Gasteiger partial charge in [0.05, 0.1) is 18.8 Å². The summed E-state index contributed by atoms with van der Waals surface area (Å²) >= 11 is 0. The molecule has 1 saturated heterocycles. The molecule has 0 spiro atoms. The summed E-state index contributed by atoms with van der Waals surface area (Å²) in [6, 6.07) is -5.22. The molecule has 170 valence electrons. The van der Waals surface area contributed by atoms with E-state index in [9.17, 15) is 34.2 Å². The largest absolute Gasteiger partial charge is 0.481 e. The van der Waals surface area contributed by atoms with E-state index in [0.29, 0.717) is 6.42 Å². The van der Waals surface area contributed by atoms with Gasteiger partial charge in [-0.05, 0) is 26.2 Å². The highest BCUT2D eigenvalue weighted by Gasteiger charge is 2.38. The molecule has 5 unspecified atom stereocenters. The highest BCUT2D eigenvalue weighted by atomic mass is 16.4. The van der Waals surface area contributed by atoms with Crippen molar-refractivity contribution in [3.05, 3.63) is 0 Å². The second-order valence-corrected chi connectivity index (χ2v) is 7.04. The first-order valence-corrected chi connectivity index (χ1v) is 9.39. The summed E-state index contributed by atoms with van der Waals surface area (Å²) in [6.07, 6.45) is -1.07. The lowest BCUT2D eigenvalue weighted by atomic mass is 10.1. The first kappa shape index (κ1) is 25.3. The Morgan fingerprint density at radius 2 is 1.80 bits per heavy atom. The average molecular weight is 432 g/mol. The fourth-order valence-electron chi connectivity index (χ4n) is 3.02. The van der Waals surface area contributed by atoms with E-state index in [1.807, 2.05) is 5.32 Å². The molecule has 0 aromatic carbocycles. The smallest absolute Gasteiger partial charge is 0.328 e. The van der Waals surface area contributed by atoms with Crippen LogP contribution >= 0.6 is 0 Å². The molecule has 3 amide bonds. The SMILES string of the molecule is CC(O)C(NC(=O)C(CO)NC(=O)C1CCCN1C(=O)C(N)CCC(=O)O)C(=O)O. The van der Waals surface area contributed by atoms with Gasteiger partial charge in [0.2, 0.25) is 17.7 Å². The lowest BCUT2D eigenvalue weighted by molar-refractivity contribution is -0.146. The van der Waals surface area contributed by atoms with E-state index in [0.717, 1.165) is 6.92 Å². The van der Waals surface area contributed by atoms with Crippen molar-refractivity contribution in [1.29, 1.82) is 0 Å². The summed E-state index contributed by atoms with van der Waals surface area (Å²) in [6.45, 7) is 0.528. The number of carbonyl (C=O) groups is 5. The third kappa shape index (κ3) is 6.93. The van der Waals surface area contributed by atoms with Crippen LogP contribution < -0.4 is 16.4 Å².